The zero-order valence-corrected chi connectivity index (χ0v) is 17.3. The van der Waals surface area contributed by atoms with Crippen LogP contribution in [0.25, 0.3) is 0 Å². The van der Waals surface area contributed by atoms with Crippen molar-refractivity contribution in [3.8, 4) is 0 Å². The second-order valence-corrected chi connectivity index (χ2v) is 7.82. The molecule has 3 atom stereocenters. The van der Waals surface area contributed by atoms with Crippen LogP contribution in [-0.2, 0) is 4.79 Å². The van der Waals surface area contributed by atoms with E-state index in [1.54, 1.807) is 18.2 Å². The summed E-state index contributed by atoms with van der Waals surface area (Å²) >= 11 is 12.3. The van der Waals surface area contributed by atoms with Crippen molar-refractivity contribution in [1.29, 1.82) is 0 Å². The first kappa shape index (κ1) is 22.7. The predicted molar refractivity (Wildman–Crippen MR) is 117 cm³/mol. The Balaban J connectivity index is 2.27. The molecule has 1 amide bonds. The first-order chi connectivity index (χ1) is 13.4. The van der Waals surface area contributed by atoms with Crippen molar-refractivity contribution in [3.63, 3.8) is 0 Å². The Labute approximate surface area is 176 Å². The smallest absolute Gasteiger partial charge is 0.237 e. The average molecular weight is 423 g/mol. The SMILES string of the molecule is C=C/C=C(Cl)\C=C/C[C@@]1(N)CN[C@@H](C(=O)NCCCN)[C@@H]1c1cccc(Cl)c1. The summed E-state index contributed by atoms with van der Waals surface area (Å²) in [5.41, 5.74) is 12.6. The quantitative estimate of drug-likeness (QED) is 0.363. The lowest BCUT2D eigenvalue weighted by Crippen LogP contribution is -2.49. The number of halogens is 2. The van der Waals surface area contributed by atoms with Crippen LogP contribution >= 0.6 is 23.2 Å². The van der Waals surface area contributed by atoms with Gasteiger partial charge in [-0.05, 0) is 49.2 Å². The van der Waals surface area contributed by atoms with E-state index in [0.29, 0.717) is 36.1 Å². The third-order valence-corrected chi connectivity index (χ3v) is 5.31. The highest BCUT2D eigenvalue weighted by atomic mass is 35.5. The molecule has 1 aliphatic heterocycles. The molecule has 0 aromatic heterocycles. The third kappa shape index (κ3) is 5.93. The van der Waals surface area contributed by atoms with Gasteiger partial charge in [-0.25, -0.2) is 0 Å². The van der Waals surface area contributed by atoms with Gasteiger partial charge in [0.05, 0.1) is 6.04 Å². The molecule has 2 rings (SSSR count). The van der Waals surface area contributed by atoms with Gasteiger partial charge < -0.3 is 22.1 Å². The van der Waals surface area contributed by atoms with Gasteiger partial charge in [-0.15, -0.1) is 0 Å². The fourth-order valence-electron chi connectivity index (χ4n) is 3.51. The van der Waals surface area contributed by atoms with Crippen molar-refractivity contribution in [2.24, 2.45) is 11.5 Å². The maximum absolute atomic E-state index is 12.8. The number of nitrogens with two attached hydrogens (primary N) is 2. The Kier molecular flexibility index (Phi) is 8.73. The van der Waals surface area contributed by atoms with Crippen molar-refractivity contribution < 1.29 is 4.79 Å². The standard InChI is InChI=1S/C21H28Cl2N4O/c1-2-6-16(22)9-4-10-21(25)14-27-19(20(28)26-12-5-11-24)18(21)15-7-3-8-17(23)13-15/h2-4,6-9,13,18-19,27H,1,5,10-12,14,24-25H2,(H,26,28)/b9-4-,16-6+/t18-,19+,21+/m0/s1. The molecule has 152 valence electrons. The molecule has 1 saturated heterocycles. The minimum absolute atomic E-state index is 0.0840. The summed E-state index contributed by atoms with van der Waals surface area (Å²) in [6.45, 7) is 5.18. The molecule has 0 spiro atoms. The Morgan fingerprint density at radius 3 is 2.93 bits per heavy atom. The lowest BCUT2D eigenvalue weighted by atomic mass is 9.76. The highest BCUT2D eigenvalue weighted by Gasteiger charge is 2.48. The summed E-state index contributed by atoms with van der Waals surface area (Å²) in [6.07, 6.45) is 8.32. The van der Waals surface area contributed by atoms with Gasteiger partial charge in [0.15, 0.2) is 0 Å². The van der Waals surface area contributed by atoms with Crippen LogP contribution in [-0.4, -0.2) is 37.1 Å². The van der Waals surface area contributed by atoms with Crippen LogP contribution in [0, 0.1) is 0 Å². The van der Waals surface area contributed by atoms with E-state index in [1.165, 1.54) is 0 Å². The average Bonchev–Trinajstić information content (AvgIpc) is 2.99. The maximum Gasteiger partial charge on any atom is 0.237 e. The van der Waals surface area contributed by atoms with Gasteiger partial charge in [-0.2, -0.15) is 0 Å². The molecule has 5 nitrogen and oxygen atoms in total. The number of amides is 1. The van der Waals surface area contributed by atoms with E-state index in [-0.39, 0.29) is 11.8 Å². The summed E-state index contributed by atoms with van der Waals surface area (Å²) in [5, 5.41) is 7.42. The first-order valence-corrected chi connectivity index (χ1v) is 10.1. The molecule has 0 bridgehead atoms. The van der Waals surface area contributed by atoms with E-state index in [0.717, 1.165) is 12.0 Å². The molecule has 0 unspecified atom stereocenters. The van der Waals surface area contributed by atoms with Crippen LogP contribution < -0.4 is 22.1 Å². The number of allylic oxidation sites excluding steroid dienone is 4. The van der Waals surface area contributed by atoms with Crippen molar-refractivity contribution >= 4 is 29.1 Å². The number of carbonyl (C=O) groups excluding carboxylic acids is 1. The monoisotopic (exact) mass is 422 g/mol. The number of rotatable bonds is 9. The van der Waals surface area contributed by atoms with Crippen molar-refractivity contribution in [3.05, 3.63) is 70.8 Å². The normalized spacial score (nSPS) is 25.2. The van der Waals surface area contributed by atoms with Gasteiger partial charge in [0, 0.05) is 34.6 Å². The van der Waals surface area contributed by atoms with Gasteiger partial charge in [-0.3, -0.25) is 4.79 Å². The number of hydrogen-bond donors (Lipinski definition) is 4. The van der Waals surface area contributed by atoms with E-state index < -0.39 is 11.6 Å². The lowest BCUT2D eigenvalue weighted by Gasteiger charge is -2.32. The predicted octanol–water partition coefficient (Wildman–Crippen LogP) is 2.81. The van der Waals surface area contributed by atoms with Crippen LogP contribution in [0.5, 0.6) is 0 Å². The zero-order chi connectivity index (χ0) is 20.6. The lowest BCUT2D eigenvalue weighted by molar-refractivity contribution is -0.123. The number of benzene rings is 1. The maximum atomic E-state index is 12.8. The fourth-order valence-corrected chi connectivity index (χ4v) is 3.89. The first-order valence-electron chi connectivity index (χ1n) is 9.31. The number of nitrogens with one attached hydrogen (secondary N) is 2. The molecule has 0 aliphatic carbocycles. The molecule has 28 heavy (non-hydrogen) atoms. The summed E-state index contributed by atoms with van der Waals surface area (Å²) in [4.78, 5) is 12.8. The number of carbonyl (C=O) groups is 1. The molecule has 1 fully saturated rings. The second-order valence-electron chi connectivity index (χ2n) is 6.95. The minimum Gasteiger partial charge on any atom is -0.355 e. The molecule has 7 heteroatoms. The van der Waals surface area contributed by atoms with Gasteiger partial charge in [-0.1, -0.05) is 54.1 Å². The zero-order valence-electron chi connectivity index (χ0n) is 15.8. The van der Waals surface area contributed by atoms with E-state index in [1.807, 2.05) is 30.3 Å². The number of hydrogen-bond acceptors (Lipinski definition) is 4. The van der Waals surface area contributed by atoms with Crippen LogP contribution in [0.3, 0.4) is 0 Å². The van der Waals surface area contributed by atoms with Crippen LogP contribution in [0.1, 0.15) is 24.3 Å². The summed E-state index contributed by atoms with van der Waals surface area (Å²) in [7, 11) is 0. The topological polar surface area (TPSA) is 93.2 Å². The van der Waals surface area contributed by atoms with Crippen LogP contribution in [0.2, 0.25) is 5.02 Å². The van der Waals surface area contributed by atoms with Crippen molar-refractivity contribution in [2.45, 2.75) is 30.3 Å². The largest absolute Gasteiger partial charge is 0.355 e. The van der Waals surface area contributed by atoms with E-state index in [9.17, 15) is 4.79 Å². The summed E-state index contributed by atoms with van der Waals surface area (Å²) < 4.78 is 0. The minimum atomic E-state index is -0.664. The molecule has 1 aliphatic rings. The van der Waals surface area contributed by atoms with Crippen molar-refractivity contribution in [1.82, 2.24) is 10.6 Å². The van der Waals surface area contributed by atoms with Gasteiger partial charge in [0.2, 0.25) is 5.91 Å². The van der Waals surface area contributed by atoms with Crippen LogP contribution in [0.4, 0.5) is 0 Å². The van der Waals surface area contributed by atoms with Crippen LogP contribution in [0.15, 0.2) is 60.2 Å². The highest BCUT2D eigenvalue weighted by Crippen LogP contribution is 2.38. The van der Waals surface area contributed by atoms with E-state index >= 15 is 0 Å². The third-order valence-electron chi connectivity index (χ3n) is 4.83. The molecule has 1 aromatic rings. The summed E-state index contributed by atoms with van der Waals surface area (Å²) in [6, 6.07) is 7.06. The molecule has 6 N–H and O–H groups in total. The Bertz CT molecular complexity index is 750. The van der Waals surface area contributed by atoms with Gasteiger partial charge >= 0.3 is 0 Å². The second kappa shape index (κ2) is 10.8. The molecule has 0 saturated carbocycles. The Morgan fingerprint density at radius 2 is 2.25 bits per heavy atom. The highest BCUT2D eigenvalue weighted by molar-refractivity contribution is 6.31. The van der Waals surface area contributed by atoms with Gasteiger partial charge in [0.25, 0.3) is 0 Å². The van der Waals surface area contributed by atoms with Crippen molar-refractivity contribution in [2.75, 3.05) is 19.6 Å². The Morgan fingerprint density at radius 1 is 1.46 bits per heavy atom. The Hall–Kier alpha value is -1.63. The fraction of sp³-hybridized carbons (Fsp3) is 0.381. The molecule has 0 radical (unpaired) electrons. The molecular weight excluding hydrogens is 395 g/mol. The molecule has 1 heterocycles. The van der Waals surface area contributed by atoms with E-state index in [4.69, 9.17) is 34.7 Å². The van der Waals surface area contributed by atoms with E-state index in [2.05, 4.69) is 17.2 Å². The molecule has 1 aromatic carbocycles. The molecular formula is C21H28Cl2N4O. The van der Waals surface area contributed by atoms with Gasteiger partial charge in [0.1, 0.15) is 0 Å². The summed E-state index contributed by atoms with van der Waals surface area (Å²) in [5.74, 6) is -0.324.